The largest absolute Gasteiger partial charge is 0.305 e. The minimum absolute atomic E-state index is 0.841. The normalized spacial score (nSPS) is 11.3. The van der Waals surface area contributed by atoms with Gasteiger partial charge in [-0.2, -0.15) is 0 Å². The number of hydrogen-bond donors (Lipinski definition) is 0. The van der Waals surface area contributed by atoms with Gasteiger partial charge in [-0.25, -0.2) is 9.55 Å². The molecule has 0 fully saturated rings. The molecule has 15 heavy (non-hydrogen) atoms. The van der Waals surface area contributed by atoms with Gasteiger partial charge in [-0.1, -0.05) is 4.98 Å². The van der Waals surface area contributed by atoms with Gasteiger partial charge in [0.05, 0.1) is 19.3 Å². The van der Waals surface area contributed by atoms with Gasteiger partial charge in [0.2, 0.25) is 11.6 Å². The Hall–Kier alpha value is -1.45. The third kappa shape index (κ3) is 1.32. The molecule has 2 heterocycles. The van der Waals surface area contributed by atoms with Crippen LogP contribution in [-0.2, 0) is 13.6 Å². The number of aryl methyl sites for hydroxylation is 4. The first kappa shape index (κ1) is 10.1. The van der Waals surface area contributed by atoms with Crippen LogP contribution in [0.1, 0.15) is 24.3 Å². The summed E-state index contributed by atoms with van der Waals surface area (Å²) >= 11 is 0. The third-order valence-electron chi connectivity index (χ3n) is 2.94. The highest BCUT2D eigenvalue weighted by atomic mass is 15.2. The Balaban J connectivity index is 2.97. The van der Waals surface area contributed by atoms with E-state index in [4.69, 9.17) is 0 Å². The average molecular weight is 205 g/mol. The second-order valence-electron chi connectivity index (χ2n) is 3.88. The molecule has 2 aromatic heterocycles. The van der Waals surface area contributed by atoms with Gasteiger partial charge in [0.1, 0.15) is 0 Å². The molecule has 0 N–H and O–H groups in total. The second kappa shape index (κ2) is 3.29. The first-order chi connectivity index (χ1) is 7.06. The number of nitrogens with zero attached hydrogens (tertiary/aromatic N) is 4. The molecule has 0 aromatic carbocycles. The van der Waals surface area contributed by atoms with Crippen LogP contribution in [-0.4, -0.2) is 14.5 Å². The first-order valence-electron chi connectivity index (χ1n) is 5.26. The molecule has 0 atom stereocenters. The topological polar surface area (TPSA) is 34.6 Å². The summed E-state index contributed by atoms with van der Waals surface area (Å²) in [5, 5.41) is 0. The second-order valence-corrected chi connectivity index (χ2v) is 3.88. The molecular weight excluding hydrogens is 188 g/mol. The number of rotatable bonds is 1. The smallest absolute Gasteiger partial charge is 0.259 e. The van der Waals surface area contributed by atoms with Crippen LogP contribution in [0.15, 0.2) is 0 Å². The number of fused-ring (bicyclic) bond motifs is 1. The van der Waals surface area contributed by atoms with Crippen LogP contribution in [0, 0.1) is 20.8 Å². The number of aromatic nitrogens is 4. The molecule has 0 saturated carbocycles. The van der Waals surface area contributed by atoms with E-state index in [2.05, 4.69) is 40.0 Å². The first-order valence-corrected chi connectivity index (χ1v) is 5.26. The van der Waals surface area contributed by atoms with E-state index in [1.54, 1.807) is 0 Å². The van der Waals surface area contributed by atoms with Gasteiger partial charge < -0.3 is 0 Å². The molecule has 0 unspecified atom stereocenters. The lowest BCUT2D eigenvalue weighted by molar-refractivity contribution is -0.676. The summed E-state index contributed by atoms with van der Waals surface area (Å²) in [5.41, 5.74) is 3.23. The molecule has 2 aromatic rings. The van der Waals surface area contributed by atoms with Gasteiger partial charge in [-0.05, 0) is 13.8 Å². The Morgan fingerprint density at radius 1 is 1.20 bits per heavy atom. The van der Waals surface area contributed by atoms with Gasteiger partial charge in [0, 0.05) is 13.8 Å². The van der Waals surface area contributed by atoms with E-state index in [1.165, 1.54) is 5.82 Å². The SMILES string of the molecule is CC[n+]1c(C)n(C)c2c(C)nc(C)nc21. The van der Waals surface area contributed by atoms with E-state index >= 15 is 0 Å². The summed E-state index contributed by atoms with van der Waals surface area (Å²) in [7, 11) is 2.06. The molecular formula is C11H17N4+. The molecule has 0 aliphatic carbocycles. The van der Waals surface area contributed by atoms with Gasteiger partial charge in [0.15, 0.2) is 5.52 Å². The Bertz CT molecular complexity index is 525. The molecule has 4 nitrogen and oxygen atoms in total. The fourth-order valence-corrected chi connectivity index (χ4v) is 2.14. The minimum atomic E-state index is 0.841. The summed E-state index contributed by atoms with van der Waals surface area (Å²) < 4.78 is 4.38. The third-order valence-corrected chi connectivity index (χ3v) is 2.94. The molecule has 0 aliphatic rings. The predicted octanol–water partition coefficient (Wildman–Crippen LogP) is 1.20. The Kier molecular flexibility index (Phi) is 2.21. The van der Waals surface area contributed by atoms with Gasteiger partial charge in [-0.3, -0.25) is 4.57 Å². The Labute approximate surface area is 89.6 Å². The molecule has 80 valence electrons. The summed E-state index contributed by atoms with van der Waals surface area (Å²) in [4.78, 5) is 8.93. The fourth-order valence-electron chi connectivity index (χ4n) is 2.14. The van der Waals surface area contributed by atoms with Crippen molar-refractivity contribution in [3.8, 4) is 0 Å². The van der Waals surface area contributed by atoms with Crippen molar-refractivity contribution in [1.82, 2.24) is 14.5 Å². The van der Waals surface area contributed by atoms with Crippen molar-refractivity contribution in [1.29, 1.82) is 0 Å². The lowest BCUT2D eigenvalue weighted by Gasteiger charge is -1.94. The highest BCUT2D eigenvalue weighted by molar-refractivity contribution is 5.70. The van der Waals surface area contributed by atoms with Crippen molar-refractivity contribution >= 4 is 11.2 Å². The zero-order chi connectivity index (χ0) is 11.2. The van der Waals surface area contributed by atoms with Crippen LogP contribution in [0.2, 0.25) is 0 Å². The summed E-state index contributed by atoms with van der Waals surface area (Å²) in [6.45, 7) is 9.17. The monoisotopic (exact) mass is 205 g/mol. The van der Waals surface area contributed by atoms with Crippen molar-refractivity contribution in [3.63, 3.8) is 0 Å². The molecule has 0 spiro atoms. The molecule has 0 bridgehead atoms. The van der Waals surface area contributed by atoms with E-state index in [-0.39, 0.29) is 0 Å². The van der Waals surface area contributed by atoms with Crippen molar-refractivity contribution in [2.45, 2.75) is 34.2 Å². The highest BCUT2D eigenvalue weighted by Crippen LogP contribution is 2.14. The summed E-state index contributed by atoms with van der Waals surface area (Å²) in [6, 6.07) is 0. The van der Waals surface area contributed by atoms with E-state index in [0.29, 0.717) is 0 Å². The highest BCUT2D eigenvalue weighted by Gasteiger charge is 2.21. The lowest BCUT2D eigenvalue weighted by Crippen LogP contribution is -2.35. The lowest BCUT2D eigenvalue weighted by atomic mass is 10.4. The fraction of sp³-hybridized carbons (Fsp3) is 0.545. The van der Waals surface area contributed by atoms with Crippen LogP contribution in [0.5, 0.6) is 0 Å². The standard InChI is InChI=1S/C11H17N4/c1-6-15-9(4)14(5)10-7(2)12-8(3)13-11(10)15/h6H2,1-5H3/q+1. The minimum Gasteiger partial charge on any atom is -0.259 e. The van der Waals surface area contributed by atoms with Crippen molar-refractivity contribution in [3.05, 3.63) is 17.3 Å². The molecule has 4 heteroatoms. The van der Waals surface area contributed by atoms with E-state index in [1.807, 2.05) is 13.8 Å². The zero-order valence-corrected chi connectivity index (χ0v) is 10.00. The maximum Gasteiger partial charge on any atom is 0.305 e. The molecule has 0 radical (unpaired) electrons. The summed E-state index contributed by atoms with van der Waals surface area (Å²) in [6.07, 6.45) is 0. The van der Waals surface area contributed by atoms with Crippen molar-refractivity contribution < 1.29 is 4.57 Å². The van der Waals surface area contributed by atoms with Gasteiger partial charge in [-0.15, -0.1) is 0 Å². The maximum absolute atomic E-state index is 4.52. The van der Waals surface area contributed by atoms with Crippen molar-refractivity contribution in [2.24, 2.45) is 7.05 Å². The van der Waals surface area contributed by atoms with Crippen LogP contribution < -0.4 is 4.57 Å². The van der Waals surface area contributed by atoms with Crippen molar-refractivity contribution in [2.75, 3.05) is 0 Å². The number of hydrogen-bond acceptors (Lipinski definition) is 2. The van der Waals surface area contributed by atoms with Crippen LogP contribution in [0.25, 0.3) is 11.2 Å². The molecule has 2 rings (SSSR count). The van der Waals surface area contributed by atoms with E-state index in [9.17, 15) is 0 Å². The predicted molar refractivity (Wildman–Crippen MR) is 58.6 cm³/mol. The summed E-state index contributed by atoms with van der Waals surface area (Å²) in [5.74, 6) is 2.06. The quantitative estimate of drug-likeness (QED) is 0.656. The Morgan fingerprint density at radius 3 is 2.47 bits per heavy atom. The average Bonchev–Trinajstić information content (AvgIpc) is 2.39. The molecule has 0 saturated heterocycles. The van der Waals surface area contributed by atoms with Crippen LogP contribution in [0.4, 0.5) is 0 Å². The molecule has 0 aliphatic heterocycles. The maximum atomic E-state index is 4.52. The Morgan fingerprint density at radius 2 is 1.87 bits per heavy atom. The van der Waals surface area contributed by atoms with Gasteiger partial charge >= 0.3 is 5.65 Å². The van der Waals surface area contributed by atoms with Crippen LogP contribution >= 0.6 is 0 Å². The number of imidazole rings is 1. The van der Waals surface area contributed by atoms with E-state index < -0.39 is 0 Å². The van der Waals surface area contributed by atoms with Gasteiger partial charge in [0.25, 0.3) is 0 Å². The van der Waals surface area contributed by atoms with E-state index in [0.717, 1.165) is 29.2 Å². The zero-order valence-electron chi connectivity index (χ0n) is 10.00. The van der Waals surface area contributed by atoms with Crippen LogP contribution in [0.3, 0.4) is 0 Å². The molecule has 0 amide bonds.